The van der Waals surface area contributed by atoms with Gasteiger partial charge in [-0.1, -0.05) is 108 Å². The van der Waals surface area contributed by atoms with Crippen molar-refractivity contribution in [2.24, 2.45) is 0 Å². The van der Waals surface area contributed by atoms with E-state index in [1.165, 1.54) is 21.5 Å². The third-order valence-electron chi connectivity index (χ3n) is 4.12. The van der Waals surface area contributed by atoms with Gasteiger partial charge in [0, 0.05) is 19.5 Å². The minimum atomic E-state index is -1.81. The van der Waals surface area contributed by atoms with E-state index in [2.05, 4.69) is 117 Å². The van der Waals surface area contributed by atoms with Crippen molar-refractivity contribution in [2.75, 3.05) is 0 Å². The molecular formula is C23H23PRu. The van der Waals surface area contributed by atoms with E-state index in [9.17, 15) is 0 Å². The summed E-state index contributed by atoms with van der Waals surface area (Å²) in [5.41, 5.74) is 1.32. The maximum Gasteiger partial charge on any atom is 0 e. The zero-order valence-electron chi connectivity index (χ0n) is 14.6. The molecule has 0 heterocycles. The number of benzene rings is 3. The molecule has 25 heavy (non-hydrogen) atoms. The molecule has 0 fully saturated rings. The van der Waals surface area contributed by atoms with E-state index >= 15 is 0 Å². The molecule has 0 saturated carbocycles. The topological polar surface area (TPSA) is 0 Å². The van der Waals surface area contributed by atoms with E-state index in [1.54, 1.807) is 0 Å². The summed E-state index contributed by atoms with van der Waals surface area (Å²) >= 11 is 0. The van der Waals surface area contributed by atoms with Crippen LogP contribution >= 0.6 is 6.89 Å². The fraction of sp³-hybridized carbons (Fsp3) is 0.0870. The Morgan fingerprint density at radius 2 is 0.920 bits per heavy atom. The third kappa shape index (κ3) is 4.30. The van der Waals surface area contributed by atoms with Crippen LogP contribution in [0.5, 0.6) is 0 Å². The molecule has 0 unspecified atom stereocenters. The van der Waals surface area contributed by atoms with E-state index in [1.807, 2.05) is 0 Å². The predicted octanol–water partition coefficient (Wildman–Crippen LogP) is 4.75. The van der Waals surface area contributed by atoms with Gasteiger partial charge in [0.2, 0.25) is 0 Å². The monoisotopic (exact) mass is 432 g/mol. The van der Waals surface area contributed by atoms with Crippen LogP contribution in [0.4, 0.5) is 0 Å². The molecule has 2 heteroatoms. The third-order valence-corrected chi connectivity index (χ3v) is 8.06. The Kier molecular flexibility index (Phi) is 7.18. The molecule has 3 rings (SSSR count). The van der Waals surface area contributed by atoms with E-state index in [4.69, 9.17) is 0 Å². The standard InChI is InChI=1S/C23H23P.Ru/c1-20(2)18-19-24(21-12-6-3-7-13-21,22-14-8-4-9-15-22)23-16-10-5-11-17-23;/h3-19H,1-2H3;. The van der Waals surface area contributed by atoms with Gasteiger partial charge in [-0.2, -0.15) is 0 Å². The Morgan fingerprint density at radius 3 is 1.20 bits per heavy atom. The minimum absolute atomic E-state index is 0. The second-order valence-corrected chi connectivity index (χ2v) is 9.42. The summed E-state index contributed by atoms with van der Waals surface area (Å²) in [6, 6.07) is 32.7. The van der Waals surface area contributed by atoms with Gasteiger partial charge in [-0.05, 0) is 36.6 Å². The predicted molar refractivity (Wildman–Crippen MR) is 111 cm³/mol. The molecule has 0 N–H and O–H groups in total. The van der Waals surface area contributed by atoms with Crippen LogP contribution in [0.3, 0.4) is 0 Å². The van der Waals surface area contributed by atoms with Crippen molar-refractivity contribution in [1.29, 1.82) is 0 Å². The Balaban J connectivity index is 0.00000225. The zero-order valence-corrected chi connectivity index (χ0v) is 17.2. The second-order valence-electron chi connectivity index (χ2n) is 6.12. The summed E-state index contributed by atoms with van der Waals surface area (Å²) in [6.07, 6.45) is 2.28. The molecule has 0 aliphatic carbocycles. The maximum absolute atomic E-state index is 2.45. The number of allylic oxidation sites excluding steroid dienone is 2. The van der Waals surface area contributed by atoms with Gasteiger partial charge in [0.1, 0.15) is 0 Å². The quantitative estimate of drug-likeness (QED) is 0.413. The zero-order chi connectivity index (χ0) is 16.8. The Hall–Kier alpha value is -1.68. The Morgan fingerprint density at radius 1 is 0.600 bits per heavy atom. The molecule has 0 amide bonds. The van der Waals surface area contributed by atoms with Crippen molar-refractivity contribution >= 4 is 28.6 Å². The number of rotatable bonds is 4. The van der Waals surface area contributed by atoms with Crippen LogP contribution in [-0.2, 0) is 19.5 Å². The maximum atomic E-state index is 2.45. The van der Waals surface area contributed by atoms with E-state index in [0.29, 0.717) is 0 Å². The molecule has 128 valence electrons. The van der Waals surface area contributed by atoms with Crippen LogP contribution in [0.15, 0.2) is 103 Å². The number of hydrogen-bond acceptors (Lipinski definition) is 0. The van der Waals surface area contributed by atoms with Gasteiger partial charge in [0.05, 0.1) is 0 Å². The molecule has 0 nitrogen and oxygen atoms in total. The van der Waals surface area contributed by atoms with Crippen LogP contribution < -0.4 is 15.9 Å². The van der Waals surface area contributed by atoms with E-state index in [0.717, 1.165) is 0 Å². The summed E-state index contributed by atoms with van der Waals surface area (Å²) in [5.74, 6) is 2.45. The van der Waals surface area contributed by atoms with Gasteiger partial charge in [-0.3, -0.25) is 0 Å². The largest absolute Gasteiger partial charge is 0.0764 e. The molecule has 0 saturated heterocycles. The first kappa shape index (κ1) is 19.6. The minimum Gasteiger partial charge on any atom is -0.0764 e. The normalized spacial score (nSPS) is 10.5. The van der Waals surface area contributed by atoms with Crippen molar-refractivity contribution < 1.29 is 19.5 Å². The Labute approximate surface area is 164 Å². The second kappa shape index (κ2) is 9.14. The molecule has 0 aliphatic rings. The summed E-state index contributed by atoms with van der Waals surface area (Å²) in [4.78, 5) is 0. The summed E-state index contributed by atoms with van der Waals surface area (Å²) < 4.78 is 0. The van der Waals surface area contributed by atoms with Gasteiger partial charge in [-0.15, -0.1) is 0 Å². The summed E-state index contributed by atoms with van der Waals surface area (Å²) in [7, 11) is 0. The average molecular weight is 431 g/mol. The molecule has 0 spiro atoms. The first-order valence-electron chi connectivity index (χ1n) is 8.28. The number of hydrogen-bond donors (Lipinski definition) is 0. The van der Waals surface area contributed by atoms with Gasteiger partial charge in [0.15, 0.2) is 0 Å². The summed E-state index contributed by atoms with van der Waals surface area (Å²) in [5, 5.41) is 4.17. The smallest absolute Gasteiger partial charge is 0 e. The SMILES string of the molecule is CC(C)=CC=P(c1ccccc1)(c1ccccc1)c1ccccc1.[Ru]. The molecule has 0 aliphatic heterocycles. The fourth-order valence-corrected chi connectivity index (χ4v) is 6.82. The van der Waals surface area contributed by atoms with Crippen LogP contribution in [0.2, 0.25) is 0 Å². The van der Waals surface area contributed by atoms with Gasteiger partial charge >= 0.3 is 0 Å². The van der Waals surface area contributed by atoms with Gasteiger partial charge in [-0.25, -0.2) is 0 Å². The van der Waals surface area contributed by atoms with Crippen molar-refractivity contribution in [3.63, 3.8) is 0 Å². The van der Waals surface area contributed by atoms with Crippen LogP contribution in [-0.4, -0.2) is 5.80 Å². The van der Waals surface area contributed by atoms with Crippen LogP contribution in [0, 0.1) is 0 Å². The van der Waals surface area contributed by atoms with Crippen molar-refractivity contribution in [1.82, 2.24) is 0 Å². The van der Waals surface area contributed by atoms with Crippen LogP contribution in [0.1, 0.15) is 13.8 Å². The average Bonchev–Trinajstić information content (AvgIpc) is 2.65. The molecular weight excluding hydrogens is 408 g/mol. The van der Waals surface area contributed by atoms with E-state index < -0.39 is 6.89 Å². The molecule has 0 aromatic heterocycles. The van der Waals surface area contributed by atoms with Crippen LogP contribution in [0.25, 0.3) is 0 Å². The first-order chi connectivity index (χ1) is 11.7. The van der Waals surface area contributed by atoms with Crippen molar-refractivity contribution in [2.45, 2.75) is 13.8 Å². The molecule has 0 radical (unpaired) electrons. The summed E-state index contributed by atoms with van der Waals surface area (Å²) in [6.45, 7) is 2.51. The van der Waals surface area contributed by atoms with Gasteiger partial charge < -0.3 is 0 Å². The molecule has 0 bridgehead atoms. The van der Waals surface area contributed by atoms with Crippen molar-refractivity contribution in [3.8, 4) is 0 Å². The molecule has 0 atom stereocenters. The van der Waals surface area contributed by atoms with Gasteiger partial charge in [0.25, 0.3) is 0 Å². The Bertz CT molecular complexity index is 758. The molecule has 3 aromatic carbocycles. The molecule has 3 aromatic rings. The van der Waals surface area contributed by atoms with E-state index in [-0.39, 0.29) is 19.5 Å². The fourth-order valence-electron chi connectivity index (χ4n) is 2.96. The van der Waals surface area contributed by atoms with Crippen molar-refractivity contribution in [3.05, 3.63) is 103 Å². The first-order valence-corrected chi connectivity index (χ1v) is 10.1.